The summed E-state index contributed by atoms with van der Waals surface area (Å²) in [5.41, 5.74) is 0. The Morgan fingerprint density at radius 3 is 3.11 bits per heavy atom. The molecule has 0 spiro atoms. The number of amides is 1. The van der Waals surface area contributed by atoms with Crippen LogP contribution < -0.4 is 5.32 Å². The van der Waals surface area contributed by atoms with Crippen LogP contribution in [0.4, 0.5) is 0 Å². The highest BCUT2D eigenvalue weighted by Crippen LogP contribution is 2.13. The summed E-state index contributed by atoms with van der Waals surface area (Å²) in [4.78, 5) is 14.2. The van der Waals surface area contributed by atoms with Crippen molar-refractivity contribution in [3.63, 3.8) is 0 Å². The smallest absolute Gasteiger partial charge is 0.223 e. The summed E-state index contributed by atoms with van der Waals surface area (Å²) in [5, 5.41) is 3.40. The first kappa shape index (κ1) is 14.1. The molecule has 1 atom stereocenters. The maximum absolute atomic E-state index is 12.2. The molecule has 1 N–H and O–H groups in total. The Bertz CT molecular complexity index is 370. The molecule has 1 saturated heterocycles. The van der Waals surface area contributed by atoms with Crippen LogP contribution in [-0.4, -0.2) is 37.0 Å². The van der Waals surface area contributed by atoms with Crippen LogP contribution in [0.3, 0.4) is 0 Å². The second kappa shape index (κ2) is 7.34. The molecule has 2 heterocycles. The van der Waals surface area contributed by atoms with Gasteiger partial charge in [-0.2, -0.15) is 0 Å². The van der Waals surface area contributed by atoms with E-state index in [-0.39, 0.29) is 5.91 Å². The second-order valence-corrected chi connectivity index (χ2v) is 5.22. The lowest BCUT2D eigenvalue weighted by atomic mass is 9.99. The third-order valence-electron chi connectivity index (χ3n) is 3.78. The summed E-state index contributed by atoms with van der Waals surface area (Å²) in [6.07, 6.45) is 5.36. The minimum absolute atomic E-state index is 0.240. The summed E-state index contributed by atoms with van der Waals surface area (Å²) < 4.78 is 5.27. The van der Waals surface area contributed by atoms with Gasteiger partial charge in [0.15, 0.2) is 0 Å². The highest BCUT2D eigenvalue weighted by atomic mass is 16.3. The first-order valence-electron chi connectivity index (χ1n) is 7.30. The third-order valence-corrected chi connectivity index (χ3v) is 3.78. The number of hydrogen-bond acceptors (Lipinski definition) is 3. The maximum atomic E-state index is 12.2. The average molecular weight is 264 g/mol. The number of nitrogens with one attached hydrogen (secondary N) is 1. The molecule has 4 heteroatoms. The van der Waals surface area contributed by atoms with Crippen molar-refractivity contribution in [2.45, 2.75) is 32.6 Å². The molecule has 1 amide bonds. The van der Waals surface area contributed by atoms with Crippen molar-refractivity contribution < 1.29 is 9.21 Å². The average Bonchev–Trinajstić information content (AvgIpc) is 2.96. The number of aryl methyl sites for hydroxylation is 1. The van der Waals surface area contributed by atoms with Gasteiger partial charge in [-0.1, -0.05) is 0 Å². The quantitative estimate of drug-likeness (QED) is 0.855. The van der Waals surface area contributed by atoms with E-state index in [1.165, 1.54) is 12.8 Å². The number of rotatable bonds is 6. The number of furan rings is 1. The normalized spacial score (nSPS) is 19.3. The molecule has 1 unspecified atom stereocenters. The zero-order chi connectivity index (χ0) is 13.5. The van der Waals surface area contributed by atoms with Crippen molar-refractivity contribution in [2.75, 3.05) is 26.2 Å². The van der Waals surface area contributed by atoms with Crippen molar-refractivity contribution in [3.05, 3.63) is 24.2 Å². The van der Waals surface area contributed by atoms with Crippen LogP contribution in [0, 0.1) is 5.92 Å². The molecule has 0 aliphatic carbocycles. The van der Waals surface area contributed by atoms with Gasteiger partial charge in [-0.3, -0.25) is 4.79 Å². The summed E-state index contributed by atoms with van der Waals surface area (Å²) in [5.74, 6) is 1.74. The first-order chi connectivity index (χ1) is 9.29. The minimum Gasteiger partial charge on any atom is -0.469 e. The van der Waals surface area contributed by atoms with Gasteiger partial charge in [-0.15, -0.1) is 0 Å². The van der Waals surface area contributed by atoms with E-state index in [0.717, 1.165) is 31.9 Å². The largest absolute Gasteiger partial charge is 0.469 e. The van der Waals surface area contributed by atoms with Gasteiger partial charge in [0.05, 0.1) is 6.26 Å². The van der Waals surface area contributed by atoms with E-state index in [2.05, 4.69) is 12.2 Å². The number of piperidine rings is 1. The monoisotopic (exact) mass is 264 g/mol. The highest BCUT2D eigenvalue weighted by Gasteiger charge is 2.19. The molecule has 2 rings (SSSR count). The van der Waals surface area contributed by atoms with E-state index in [0.29, 0.717) is 18.8 Å². The minimum atomic E-state index is 0.240. The molecular weight excluding hydrogens is 240 g/mol. The van der Waals surface area contributed by atoms with Crippen LogP contribution in [0.15, 0.2) is 22.8 Å². The van der Waals surface area contributed by atoms with Crippen LogP contribution in [-0.2, 0) is 11.2 Å². The Balaban J connectivity index is 1.77. The van der Waals surface area contributed by atoms with E-state index in [4.69, 9.17) is 4.42 Å². The standard InChI is InChI=1S/C15H24N2O2/c1-2-17(12-13-5-3-9-16-11-13)15(18)8-7-14-6-4-10-19-14/h4,6,10,13,16H,2-3,5,7-9,11-12H2,1H3. The maximum Gasteiger partial charge on any atom is 0.223 e. The van der Waals surface area contributed by atoms with Crippen molar-refractivity contribution in [1.82, 2.24) is 10.2 Å². The Morgan fingerprint density at radius 2 is 2.47 bits per heavy atom. The molecule has 1 fully saturated rings. The first-order valence-corrected chi connectivity index (χ1v) is 7.30. The molecule has 1 aliphatic rings. The number of carbonyl (C=O) groups is 1. The van der Waals surface area contributed by atoms with E-state index in [1.54, 1.807) is 6.26 Å². The van der Waals surface area contributed by atoms with Gasteiger partial charge in [0, 0.05) is 25.9 Å². The predicted molar refractivity (Wildman–Crippen MR) is 74.9 cm³/mol. The van der Waals surface area contributed by atoms with Crippen LogP contribution in [0.5, 0.6) is 0 Å². The Morgan fingerprint density at radius 1 is 1.58 bits per heavy atom. The lowest BCUT2D eigenvalue weighted by molar-refractivity contribution is -0.131. The molecule has 1 aromatic rings. The number of carbonyl (C=O) groups excluding carboxylic acids is 1. The van der Waals surface area contributed by atoms with Crippen LogP contribution in [0.25, 0.3) is 0 Å². The zero-order valence-electron chi connectivity index (χ0n) is 11.7. The van der Waals surface area contributed by atoms with Crippen LogP contribution >= 0.6 is 0 Å². The molecule has 0 aromatic carbocycles. The molecule has 19 heavy (non-hydrogen) atoms. The summed E-state index contributed by atoms with van der Waals surface area (Å²) >= 11 is 0. The van der Waals surface area contributed by atoms with Gasteiger partial charge >= 0.3 is 0 Å². The van der Waals surface area contributed by atoms with Gasteiger partial charge in [0.25, 0.3) is 0 Å². The highest BCUT2D eigenvalue weighted by molar-refractivity contribution is 5.76. The van der Waals surface area contributed by atoms with Crippen molar-refractivity contribution in [3.8, 4) is 0 Å². The fourth-order valence-corrected chi connectivity index (χ4v) is 2.64. The predicted octanol–water partition coefficient (Wildman–Crippen LogP) is 2.06. The Labute approximate surface area is 115 Å². The van der Waals surface area contributed by atoms with Gasteiger partial charge in [0.1, 0.15) is 5.76 Å². The van der Waals surface area contributed by atoms with Gasteiger partial charge in [0.2, 0.25) is 5.91 Å². The molecule has 106 valence electrons. The molecule has 0 bridgehead atoms. The Kier molecular flexibility index (Phi) is 5.45. The van der Waals surface area contributed by atoms with Crippen LogP contribution in [0.2, 0.25) is 0 Å². The molecular formula is C15H24N2O2. The second-order valence-electron chi connectivity index (χ2n) is 5.22. The molecule has 4 nitrogen and oxygen atoms in total. The van der Waals surface area contributed by atoms with E-state index >= 15 is 0 Å². The summed E-state index contributed by atoms with van der Waals surface area (Å²) in [6, 6.07) is 3.79. The SMILES string of the molecule is CCN(CC1CCCNC1)C(=O)CCc1ccco1. The number of hydrogen-bond donors (Lipinski definition) is 1. The number of nitrogens with zero attached hydrogens (tertiary/aromatic N) is 1. The van der Waals surface area contributed by atoms with Gasteiger partial charge in [-0.05, 0) is 50.9 Å². The third kappa shape index (κ3) is 4.39. The van der Waals surface area contributed by atoms with E-state index in [9.17, 15) is 4.79 Å². The Hall–Kier alpha value is -1.29. The summed E-state index contributed by atoms with van der Waals surface area (Å²) in [7, 11) is 0. The molecule has 1 aliphatic heterocycles. The van der Waals surface area contributed by atoms with Crippen molar-refractivity contribution in [2.24, 2.45) is 5.92 Å². The zero-order valence-corrected chi connectivity index (χ0v) is 11.7. The summed E-state index contributed by atoms with van der Waals surface area (Å²) in [6.45, 7) is 5.91. The molecule has 0 radical (unpaired) electrons. The topological polar surface area (TPSA) is 45.5 Å². The van der Waals surface area contributed by atoms with E-state index < -0.39 is 0 Å². The fraction of sp³-hybridized carbons (Fsp3) is 0.667. The molecule has 0 saturated carbocycles. The van der Waals surface area contributed by atoms with Crippen LogP contribution in [0.1, 0.15) is 31.9 Å². The lowest BCUT2D eigenvalue weighted by Crippen LogP contribution is -2.41. The lowest BCUT2D eigenvalue weighted by Gasteiger charge is -2.29. The van der Waals surface area contributed by atoms with Gasteiger partial charge in [-0.25, -0.2) is 0 Å². The van der Waals surface area contributed by atoms with Crippen molar-refractivity contribution in [1.29, 1.82) is 0 Å². The fourth-order valence-electron chi connectivity index (χ4n) is 2.64. The van der Waals surface area contributed by atoms with Gasteiger partial charge < -0.3 is 14.6 Å². The van der Waals surface area contributed by atoms with Crippen molar-refractivity contribution >= 4 is 5.91 Å². The molecule has 1 aromatic heterocycles. The van der Waals surface area contributed by atoms with E-state index in [1.807, 2.05) is 17.0 Å².